The van der Waals surface area contributed by atoms with E-state index >= 15 is 0 Å². The molecule has 0 saturated heterocycles. The SMILES string of the molecule is CCCCCCCCc1nsc(Cl)c1Cl.c1ccc2ncccc2c1. The van der Waals surface area contributed by atoms with Crippen LogP contribution in [0.5, 0.6) is 0 Å². The zero-order valence-electron chi connectivity index (χ0n) is 14.5. The molecular weight excluding hydrogens is 371 g/mol. The lowest BCUT2D eigenvalue weighted by molar-refractivity contribution is 0.606. The zero-order chi connectivity index (χ0) is 17.9. The molecule has 3 rings (SSSR count). The van der Waals surface area contributed by atoms with Crippen molar-refractivity contribution in [3.05, 3.63) is 57.6 Å². The number of halogens is 2. The number of aromatic nitrogens is 2. The van der Waals surface area contributed by atoms with Gasteiger partial charge in [0, 0.05) is 11.6 Å². The van der Waals surface area contributed by atoms with E-state index in [2.05, 4.69) is 28.4 Å². The van der Waals surface area contributed by atoms with E-state index in [0.29, 0.717) is 9.36 Å². The Morgan fingerprint density at radius 2 is 1.64 bits per heavy atom. The summed E-state index contributed by atoms with van der Waals surface area (Å²) in [7, 11) is 0. The Morgan fingerprint density at radius 3 is 2.36 bits per heavy atom. The maximum absolute atomic E-state index is 5.99. The Balaban J connectivity index is 0.000000194. The fourth-order valence-corrected chi connectivity index (χ4v) is 3.61. The summed E-state index contributed by atoms with van der Waals surface area (Å²) in [6.45, 7) is 2.23. The lowest BCUT2D eigenvalue weighted by Gasteiger charge is -1.99. The number of rotatable bonds is 7. The molecule has 0 fully saturated rings. The molecule has 0 atom stereocenters. The van der Waals surface area contributed by atoms with Crippen molar-refractivity contribution < 1.29 is 0 Å². The molecule has 2 nitrogen and oxygen atoms in total. The standard InChI is InChI=1S/C11H17Cl2NS.C9H7N/c1-2-3-4-5-6-7-8-9-10(12)11(13)15-14-9;1-2-6-9-8(4-1)5-3-7-10-9/h2-8H2,1H3;1-7H. The van der Waals surface area contributed by atoms with Crippen LogP contribution in [0.4, 0.5) is 0 Å². The van der Waals surface area contributed by atoms with E-state index in [4.69, 9.17) is 23.2 Å². The highest BCUT2D eigenvalue weighted by Crippen LogP contribution is 2.30. The van der Waals surface area contributed by atoms with Gasteiger partial charge in [-0.25, -0.2) is 0 Å². The number of unbranched alkanes of at least 4 members (excludes halogenated alkanes) is 5. The maximum atomic E-state index is 5.99. The topological polar surface area (TPSA) is 25.8 Å². The number of benzene rings is 1. The van der Waals surface area contributed by atoms with Crippen LogP contribution in [0.25, 0.3) is 10.9 Å². The number of nitrogens with zero attached hydrogens (tertiary/aromatic N) is 2. The van der Waals surface area contributed by atoms with Crippen LogP contribution in [0, 0.1) is 0 Å². The molecule has 134 valence electrons. The molecule has 0 amide bonds. The van der Waals surface area contributed by atoms with E-state index in [0.717, 1.165) is 17.6 Å². The molecule has 3 aromatic rings. The van der Waals surface area contributed by atoms with Crippen molar-refractivity contribution >= 4 is 45.6 Å². The van der Waals surface area contributed by atoms with Gasteiger partial charge in [-0.05, 0) is 36.5 Å². The van der Waals surface area contributed by atoms with Gasteiger partial charge in [0.05, 0.1) is 16.2 Å². The monoisotopic (exact) mass is 394 g/mol. The minimum Gasteiger partial charge on any atom is -0.256 e. The van der Waals surface area contributed by atoms with Crippen molar-refractivity contribution in [2.75, 3.05) is 0 Å². The first kappa shape index (κ1) is 20.2. The molecule has 1 aromatic carbocycles. The number of pyridine rings is 1. The molecular formula is C20H24Cl2N2S. The van der Waals surface area contributed by atoms with Gasteiger partial charge in [0.15, 0.2) is 0 Å². The minimum atomic E-state index is 0.623. The minimum absolute atomic E-state index is 0.623. The van der Waals surface area contributed by atoms with Crippen LogP contribution < -0.4 is 0 Å². The maximum Gasteiger partial charge on any atom is 0.132 e. The highest BCUT2D eigenvalue weighted by molar-refractivity contribution is 7.11. The first-order valence-electron chi connectivity index (χ1n) is 8.81. The number of hydrogen-bond acceptors (Lipinski definition) is 3. The normalized spacial score (nSPS) is 10.5. The second-order valence-electron chi connectivity index (χ2n) is 5.93. The molecule has 0 aliphatic heterocycles. The van der Waals surface area contributed by atoms with Gasteiger partial charge in [-0.3, -0.25) is 4.98 Å². The smallest absolute Gasteiger partial charge is 0.132 e. The Morgan fingerprint density at radius 1 is 0.920 bits per heavy atom. The van der Waals surface area contributed by atoms with Gasteiger partial charge in [0.2, 0.25) is 0 Å². The van der Waals surface area contributed by atoms with Crippen molar-refractivity contribution in [3.63, 3.8) is 0 Å². The summed E-state index contributed by atoms with van der Waals surface area (Å²) in [5.41, 5.74) is 2.03. The summed E-state index contributed by atoms with van der Waals surface area (Å²) >= 11 is 13.1. The molecule has 0 spiro atoms. The average molecular weight is 395 g/mol. The van der Waals surface area contributed by atoms with Crippen molar-refractivity contribution in [3.8, 4) is 0 Å². The molecule has 0 aliphatic rings. The highest BCUT2D eigenvalue weighted by atomic mass is 35.5. The third kappa shape index (κ3) is 6.93. The van der Waals surface area contributed by atoms with Crippen molar-refractivity contribution in [1.29, 1.82) is 0 Å². The summed E-state index contributed by atoms with van der Waals surface area (Å²) in [6.07, 6.45) is 10.5. The summed E-state index contributed by atoms with van der Waals surface area (Å²) in [5.74, 6) is 0. The summed E-state index contributed by atoms with van der Waals surface area (Å²) in [4.78, 5) is 4.18. The van der Waals surface area contributed by atoms with E-state index in [1.165, 1.54) is 55.4 Å². The summed E-state index contributed by atoms with van der Waals surface area (Å²) in [6, 6.07) is 12.1. The van der Waals surface area contributed by atoms with Crippen molar-refractivity contribution in [1.82, 2.24) is 9.36 Å². The van der Waals surface area contributed by atoms with Gasteiger partial charge in [0.1, 0.15) is 4.34 Å². The molecule has 0 bridgehead atoms. The average Bonchev–Trinajstić information content (AvgIpc) is 2.97. The fourth-order valence-electron chi connectivity index (χ4n) is 2.53. The van der Waals surface area contributed by atoms with Gasteiger partial charge in [-0.1, -0.05) is 86.5 Å². The van der Waals surface area contributed by atoms with E-state index in [1.807, 2.05) is 30.5 Å². The van der Waals surface area contributed by atoms with Gasteiger partial charge in [-0.15, -0.1) is 0 Å². The second kappa shape index (κ2) is 11.5. The lowest BCUT2D eigenvalue weighted by atomic mass is 10.1. The van der Waals surface area contributed by atoms with Crippen LogP contribution >= 0.6 is 34.7 Å². The Labute approximate surface area is 164 Å². The number of aryl methyl sites for hydroxylation is 1. The van der Waals surface area contributed by atoms with E-state index in [9.17, 15) is 0 Å². The Kier molecular flexibility index (Phi) is 9.23. The molecule has 0 radical (unpaired) electrons. The lowest BCUT2D eigenvalue weighted by Crippen LogP contribution is -1.86. The quantitative estimate of drug-likeness (QED) is 0.385. The number of fused-ring (bicyclic) bond motifs is 1. The predicted octanol–water partition coefficient (Wildman–Crippen LogP) is 7.59. The summed E-state index contributed by atoms with van der Waals surface area (Å²) < 4.78 is 4.85. The number of hydrogen-bond donors (Lipinski definition) is 0. The Hall–Kier alpha value is -1.16. The van der Waals surface area contributed by atoms with Gasteiger partial charge >= 0.3 is 0 Å². The van der Waals surface area contributed by atoms with Gasteiger partial charge in [-0.2, -0.15) is 4.37 Å². The number of para-hydroxylation sites is 1. The van der Waals surface area contributed by atoms with Crippen molar-refractivity contribution in [2.45, 2.75) is 51.9 Å². The van der Waals surface area contributed by atoms with Crippen LogP contribution in [-0.4, -0.2) is 9.36 Å². The second-order valence-corrected chi connectivity index (χ2v) is 7.68. The highest BCUT2D eigenvalue weighted by Gasteiger charge is 2.08. The molecule has 0 unspecified atom stereocenters. The van der Waals surface area contributed by atoms with Crippen LogP contribution in [-0.2, 0) is 6.42 Å². The Bertz CT molecular complexity index is 693. The van der Waals surface area contributed by atoms with E-state index in [-0.39, 0.29) is 0 Å². The van der Waals surface area contributed by atoms with Crippen molar-refractivity contribution in [2.24, 2.45) is 0 Å². The molecule has 0 saturated carbocycles. The van der Waals surface area contributed by atoms with Crippen LogP contribution in [0.15, 0.2) is 42.6 Å². The first-order valence-corrected chi connectivity index (χ1v) is 10.3. The molecule has 25 heavy (non-hydrogen) atoms. The van der Waals surface area contributed by atoms with Crippen LogP contribution in [0.2, 0.25) is 9.36 Å². The molecule has 2 aromatic heterocycles. The summed E-state index contributed by atoms with van der Waals surface area (Å²) in [5, 5.41) is 1.86. The molecule has 0 N–H and O–H groups in total. The van der Waals surface area contributed by atoms with Gasteiger partial charge in [0.25, 0.3) is 0 Å². The van der Waals surface area contributed by atoms with Crippen LogP contribution in [0.1, 0.15) is 51.1 Å². The molecule has 5 heteroatoms. The van der Waals surface area contributed by atoms with E-state index < -0.39 is 0 Å². The molecule has 0 aliphatic carbocycles. The largest absolute Gasteiger partial charge is 0.256 e. The van der Waals surface area contributed by atoms with E-state index in [1.54, 1.807) is 0 Å². The predicted molar refractivity (Wildman–Crippen MR) is 111 cm³/mol. The third-order valence-electron chi connectivity index (χ3n) is 3.94. The molecule has 2 heterocycles. The third-order valence-corrected chi connectivity index (χ3v) is 5.63. The first-order chi connectivity index (χ1) is 12.2. The fraction of sp³-hybridized carbons (Fsp3) is 0.400. The zero-order valence-corrected chi connectivity index (χ0v) is 16.9. The van der Waals surface area contributed by atoms with Crippen LogP contribution in [0.3, 0.4) is 0 Å². The van der Waals surface area contributed by atoms with Gasteiger partial charge < -0.3 is 0 Å².